The Morgan fingerprint density at radius 2 is 2.12 bits per heavy atom. The van der Waals surface area contributed by atoms with Crippen molar-refractivity contribution in [1.29, 1.82) is 5.26 Å². The number of carbonyl (C=O) groups is 1. The summed E-state index contributed by atoms with van der Waals surface area (Å²) in [6.07, 6.45) is 0. The number of halogens is 2. The number of rotatable bonds is 2. The average Bonchev–Trinajstić information content (AvgIpc) is 2.22. The van der Waals surface area contributed by atoms with Gasteiger partial charge in [0.1, 0.15) is 11.8 Å². The third-order valence-corrected chi connectivity index (χ3v) is 3.03. The van der Waals surface area contributed by atoms with E-state index in [1.165, 1.54) is 6.92 Å². The summed E-state index contributed by atoms with van der Waals surface area (Å²) >= 11 is 6.56. The molecule has 1 aromatic rings. The molecule has 0 saturated heterocycles. The first-order valence-electron chi connectivity index (χ1n) is 4.52. The number of amides is 1. The number of allylic oxidation sites excluding steroid dienone is 1. The van der Waals surface area contributed by atoms with Gasteiger partial charge in [0.25, 0.3) is 5.91 Å². The molecule has 0 fully saturated rings. The van der Waals surface area contributed by atoms with Gasteiger partial charge in [-0.3, -0.25) is 4.79 Å². The monoisotopic (exact) mass is 358 g/mol. The number of nitrogens with one attached hydrogen (secondary N) is 1. The minimum Gasteiger partial charge on any atom is -0.511 e. The molecule has 6 heteroatoms. The number of hydrogen-bond donors (Lipinski definition) is 2. The highest BCUT2D eigenvalue weighted by Gasteiger charge is 2.13. The van der Waals surface area contributed by atoms with Gasteiger partial charge in [-0.1, -0.05) is 15.9 Å². The quantitative estimate of drug-likeness (QED) is 0.482. The second-order valence-corrected chi connectivity index (χ2v) is 4.92. The molecule has 1 amide bonds. The molecule has 0 heterocycles. The predicted octanol–water partition coefficient (Wildman–Crippen LogP) is 3.51. The first-order valence-corrected chi connectivity index (χ1v) is 6.10. The van der Waals surface area contributed by atoms with E-state index in [2.05, 4.69) is 37.2 Å². The van der Waals surface area contributed by atoms with E-state index in [9.17, 15) is 4.79 Å². The van der Waals surface area contributed by atoms with Gasteiger partial charge >= 0.3 is 0 Å². The molecule has 4 nitrogen and oxygen atoms in total. The molecule has 2 N–H and O–H groups in total. The van der Waals surface area contributed by atoms with E-state index in [0.717, 1.165) is 4.47 Å². The van der Waals surface area contributed by atoms with Crippen molar-refractivity contribution >= 4 is 43.5 Å². The predicted molar refractivity (Wildman–Crippen MR) is 71.4 cm³/mol. The van der Waals surface area contributed by atoms with Gasteiger partial charge in [0.05, 0.1) is 5.69 Å². The third-order valence-electron chi connectivity index (χ3n) is 1.88. The van der Waals surface area contributed by atoms with Gasteiger partial charge in [0.15, 0.2) is 5.57 Å². The lowest BCUT2D eigenvalue weighted by Crippen LogP contribution is -2.15. The largest absolute Gasteiger partial charge is 0.511 e. The van der Waals surface area contributed by atoms with Crippen LogP contribution in [0.1, 0.15) is 6.92 Å². The Kier molecular flexibility index (Phi) is 4.73. The van der Waals surface area contributed by atoms with E-state index in [1.807, 2.05) is 0 Å². The molecule has 1 aromatic carbocycles. The first kappa shape index (κ1) is 13.7. The lowest BCUT2D eigenvalue weighted by molar-refractivity contribution is -0.112. The van der Waals surface area contributed by atoms with Crippen LogP contribution < -0.4 is 5.32 Å². The lowest BCUT2D eigenvalue weighted by Gasteiger charge is -2.07. The Morgan fingerprint density at radius 3 is 2.59 bits per heavy atom. The van der Waals surface area contributed by atoms with Crippen LogP contribution in [0.15, 0.2) is 38.5 Å². The summed E-state index contributed by atoms with van der Waals surface area (Å²) in [5.74, 6) is -0.950. The number of carbonyl (C=O) groups excluding carboxylic acids is 1. The molecular weight excluding hydrogens is 352 g/mol. The van der Waals surface area contributed by atoms with Crippen LogP contribution in [0.4, 0.5) is 5.69 Å². The smallest absolute Gasteiger partial charge is 0.269 e. The molecule has 17 heavy (non-hydrogen) atoms. The number of nitrogens with zero attached hydrogens (tertiary/aromatic N) is 1. The normalized spacial score (nSPS) is 11.4. The highest BCUT2D eigenvalue weighted by Crippen LogP contribution is 2.26. The zero-order valence-electron chi connectivity index (χ0n) is 8.79. The van der Waals surface area contributed by atoms with Crippen molar-refractivity contribution in [2.45, 2.75) is 6.92 Å². The van der Waals surface area contributed by atoms with Crippen LogP contribution in [0.25, 0.3) is 0 Å². The average molecular weight is 360 g/mol. The fourth-order valence-electron chi connectivity index (χ4n) is 1.07. The molecular formula is C11H8Br2N2O2. The van der Waals surface area contributed by atoms with Crippen molar-refractivity contribution in [2.75, 3.05) is 5.32 Å². The Bertz CT molecular complexity index is 529. The summed E-state index contributed by atoms with van der Waals surface area (Å²) < 4.78 is 1.53. The van der Waals surface area contributed by atoms with Gasteiger partial charge in [0.2, 0.25) is 0 Å². The maximum atomic E-state index is 11.6. The fourth-order valence-corrected chi connectivity index (χ4v) is 2.22. The summed E-state index contributed by atoms with van der Waals surface area (Å²) in [6, 6.07) is 6.83. The van der Waals surface area contributed by atoms with Crippen LogP contribution >= 0.6 is 31.9 Å². The van der Waals surface area contributed by atoms with E-state index in [4.69, 9.17) is 10.4 Å². The van der Waals surface area contributed by atoms with Crippen molar-refractivity contribution in [2.24, 2.45) is 0 Å². The molecule has 0 radical (unpaired) electrons. The van der Waals surface area contributed by atoms with Crippen molar-refractivity contribution < 1.29 is 9.90 Å². The number of aliphatic hydroxyl groups is 1. The van der Waals surface area contributed by atoms with Gasteiger partial charge < -0.3 is 10.4 Å². The third kappa shape index (κ3) is 3.58. The Hall–Kier alpha value is -1.32. The van der Waals surface area contributed by atoms with E-state index in [1.54, 1.807) is 24.3 Å². The summed E-state index contributed by atoms with van der Waals surface area (Å²) in [5, 5.41) is 20.4. The SMILES string of the molecule is CC(O)=C(C#N)C(=O)Nc1ccc(Br)cc1Br. The second kappa shape index (κ2) is 5.84. The summed E-state index contributed by atoms with van der Waals surface area (Å²) in [7, 11) is 0. The van der Waals surface area contributed by atoms with Gasteiger partial charge in [-0.05, 0) is 41.1 Å². The minimum atomic E-state index is -0.643. The van der Waals surface area contributed by atoms with Gasteiger partial charge in [-0.2, -0.15) is 5.26 Å². The van der Waals surface area contributed by atoms with Gasteiger partial charge in [-0.15, -0.1) is 0 Å². The first-order chi connectivity index (χ1) is 7.95. The second-order valence-electron chi connectivity index (χ2n) is 3.15. The minimum absolute atomic E-state index is 0.306. The van der Waals surface area contributed by atoms with Crippen molar-refractivity contribution in [3.63, 3.8) is 0 Å². The highest BCUT2D eigenvalue weighted by atomic mass is 79.9. The Morgan fingerprint density at radius 1 is 1.47 bits per heavy atom. The van der Waals surface area contributed by atoms with E-state index in [0.29, 0.717) is 10.2 Å². The molecule has 0 saturated carbocycles. The lowest BCUT2D eigenvalue weighted by atomic mass is 10.2. The van der Waals surface area contributed by atoms with Crippen LogP contribution in [-0.4, -0.2) is 11.0 Å². The highest BCUT2D eigenvalue weighted by molar-refractivity contribution is 9.11. The topological polar surface area (TPSA) is 73.1 Å². The molecule has 1 rings (SSSR count). The molecule has 0 bridgehead atoms. The number of nitriles is 1. The van der Waals surface area contributed by atoms with Crippen molar-refractivity contribution in [3.05, 3.63) is 38.5 Å². The molecule has 0 atom stereocenters. The maximum absolute atomic E-state index is 11.6. The number of hydrogen-bond acceptors (Lipinski definition) is 3. The zero-order valence-corrected chi connectivity index (χ0v) is 12.0. The maximum Gasteiger partial charge on any atom is 0.269 e. The molecule has 0 aliphatic heterocycles. The molecule has 0 unspecified atom stereocenters. The van der Waals surface area contributed by atoms with Crippen molar-refractivity contribution in [3.8, 4) is 6.07 Å². The fraction of sp³-hybridized carbons (Fsp3) is 0.0909. The summed E-state index contributed by atoms with van der Waals surface area (Å²) in [6.45, 7) is 1.29. The van der Waals surface area contributed by atoms with Crippen LogP contribution in [-0.2, 0) is 4.79 Å². The van der Waals surface area contributed by atoms with Crippen LogP contribution in [0.2, 0.25) is 0 Å². The zero-order chi connectivity index (χ0) is 13.0. The number of aliphatic hydroxyl groups excluding tert-OH is 1. The molecule has 88 valence electrons. The van der Waals surface area contributed by atoms with Crippen molar-refractivity contribution in [1.82, 2.24) is 0 Å². The van der Waals surface area contributed by atoms with E-state index >= 15 is 0 Å². The van der Waals surface area contributed by atoms with Gasteiger partial charge in [-0.25, -0.2) is 0 Å². The molecule has 0 aliphatic carbocycles. The van der Waals surface area contributed by atoms with Gasteiger partial charge in [0, 0.05) is 8.95 Å². The Balaban J connectivity index is 2.97. The van der Waals surface area contributed by atoms with Crippen LogP contribution in [0.3, 0.4) is 0 Å². The van der Waals surface area contributed by atoms with E-state index < -0.39 is 5.91 Å². The molecule has 0 aliphatic rings. The molecule has 0 spiro atoms. The summed E-state index contributed by atoms with van der Waals surface area (Å²) in [5.41, 5.74) is 0.215. The van der Waals surface area contributed by atoms with E-state index in [-0.39, 0.29) is 11.3 Å². The number of anilines is 1. The summed E-state index contributed by atoms with van der Waals surface area (Å²) in [4.78, 5) is 11.6. The standard InChI is InChI=1S/C11H8Br2N2O2/c1-6(16)8(5-14)11(17)15-10-3-2-7(12)4-9(10)13/h2-4,16H,1H3,(H,15,17). The number of benzene rings is 1. The van der Waals surface area contributed by atoms with Crippen LogP contribution in [0.5, 0.6) is 0 Å². The van der Waals surface area contributed by atoms with Crippen LogP contribution in [0, 0.1) is 11.3 Å². The molecule has 0 aromatic heterocycles. The Labute approximate surface area is 115 Å².